The average molecular weight is 540 g/mol. The van der Waals surface area contributed by atoms with Gasteiger partial charge in [0, 0.05) is 29.3 Å². The molecule has 6 rings (SSSR count). The van der Waals surface area contributed by atoms with Crippen LogP contribution in [0, 0.1) is 5.92 Å². The summed E-state index contributed by atoms with van der Waals surface area (Å²) in [6.45, 7) is 4.91. The van der Waals surface area contributed by atoms with E-state index in [2.05, 4.69) is 32.1 Å². The highest BCUT2D eigenvalue weighted by atomic mass is 35.5. The summed E-state index contributed by atoms with van der Waals surface area (Å²) >= 11 is 12.6. The first-order valence-corrected chi connectivity index (χ1v) is 13.1. The minimum absolute atomic E-state index is 0.104. The molecule has 1 aromatic carbocycles. The first-order valence-electron chi connectivity index (χ1n) is 12.4. The maximum Gasteiger partial charge on any atom is 0.226 e. The number of aromatic amines is 2. The number of benzene rings is 1. The number of carbonyl (C=O) groups is 1. The van der Waals surface area contributed by atoms with Gasteiger partial charge in [-0.15, -0.1) is 0 Å². The lowest BCUT2D eigenvalue weighted by Gasteiger charge is -2.30. The van der Waals surface area contributed by atoms with E-state index in [-0.39, 0.29) is 17.9 Å². The van der Waals surface area contributed by atoms with Gasteiger partial charge in [-0.1, -0.05) is 23.2 Å². The summed E-state index contributed by atoms with van der Waals surface area (Å²) < 4.78 is 6.18. The van der Waals surface area contributed by atoms with Crippen molar-refractivity contribution in [2.45, 2.75) is 39.0 Å². The van der Waals surface area contributed by atoms with Gasteiger partial charge in [-0.25, -0.2) is 4.98 Å². The molecule has 1 unspecified atom stereocenters. The van der Waals surface area contributed by atoms with Gasteiger partial charge in [0.25, 0.3) is 0 Å². The number of aromatic nitrogens is 5. The molecular formula is C26H27Cl2N7O2. The highest BCUT2D eigenvalue weighted by Crippen LogP contribution is 2.35. The zero-order chi connectivity index (χ0) is 25.7. The van der Waals surface area contributed by atoms with Crippen LogP contribution in [0.2, 0.25) is 10.0 Å². The lowest BCUT2D eigenvalue weighted by molar-refractivity contribution is -0.137. The summed E-state index contributed by atoms with van der Waals surface area (Å²) in [6, 6.07) is 5.72. The molecule has 1 atom stereocenters. The van der Waals surface area contributed by atoms with Crippen molar-refractivity contribution >= 4 is 40.0 Å². The van der Waals surface area contributed by atoms with Gasteiger partial charge in [-0.05, 0) is 58.1 Å². The number of piperidine rings is 1. The van der Waals surface area contributed by atoms with Crippen LogP contribution < -0.4 is 4.74 Å². The first kappa shape index (κ1) is 24.2. The third kappa shape index (κ3) is 4.56. The van der Waals surface area contributed by atoms with E-state index in [1.54, 1.807) is 12.4 Å². The van der Waals surface area contributed by atoms with Crippen LogP contribution in [0.3, 0.4) is 0 Å². The molecule has 5 heterocycles. The molecule has 0 radical (unpaired) electrons. The fraction of sp³-hybridized carbons (Fsp3) is 0.385. The van der Waals surface area contributed by atoms with Crippen LogP contribution in [-0.4, -0.2) is 61.0 Å². The van der Waals surface area contributed by atoms with E-state index in [4.69, 9.17) is 32.9 Å². The Morgan fingerprint density at radius 1 is 1.16 bits per heavy atom. The molecule has 0 saturated carbocycles. The number of ether oxygens (including phenoxy) is 1. The maximum atomic E-state index is 13.0. The summed E-state index contributed by atoms with van der Waals surface area (Å²) in [5.41, 5.74) is 4.12. The Morgan fingerprint density at radius 2 is 1.92 bits per heavy atom. The number of rotatable bonds is 5. The number of H-pyrrole nitrogens is 2. The van der Waals surface area contributed by atoms with Crippen molar-refractivity contribution in [1.82, 2.24) is 34.9 Å². The SMILES string of the molecule is CC(Oc1ccc2[nH]nc(-c3nc4c([nH]3)CN(C(=O)C3CCN(C)CC3)C4)c2c1)c1c(Cl)cncc1Cl. The molecule has 0 bridgehead atoms. The number of imidazole rings is 1. The van der Waals surface area contributed by atoms with E-state index in [1.165, 1.54) is 0 Å². The predicted octanol–water partition coefficient (Wildman–Crippen LogP) is 4.98. The van der Waals surface area contributed by atoms with Crippen molar-refractivity contribution in [1.29, 1.82) is 0 Å². The molecule has 0 aliphatic carbocycles. The van der Waals surface area contributed by atoms with Crippen molar-refractivity contribution in [3.63, 3.8) is 0 Å². The predicted molar refractivity (Wildman–Crippen MR) is 141 cm³/mol. The summed E-state index contributed by atoms with van der Waals surface area (Å²) in [5.74, 6) is 1.66. The monoisotopic (exact) mass is 539 g/mol. The number of amides is 1. The number of hydrogen-bond donors (Lipinski definition) is 2. The first-order chi connectivity index (χ1) is 17.9. The average Bonchev–Trinajstić information content (AvgIpc) is 3.57. The second-order valence-electron chi connectivity index (χ2n) is 9.84. The summed E-state index contributed by atoms with van der Waals surface area (Å²) in [4.78, 5) is 29.5. The van der Waals surface area contributed by atoms with E-state index in [0.717, 1.165) is 48.2 Å². The third-order valence-corrected chi connectivity index (χ3v) is 7.90. The molecular weight excluding hydrogens is 513 g/mol. The lowest BCUT2D eigenvalue weighted by Crippen LogP contribution is -2.39. The van der Waals surface area contributed by atoms with Crippen molar-refractivity contribution in [3.8, 4) is 17.3 Å². The van der Waals surface area contributed by atoms with Crippen LogP contribution in [0.4, 0.5) is 0 Å². The molecule has 2 N–H and O–H groups in total. The number of halogens is 2. The molecule has 192 valence electrons. The van der Waals surface area contributed by atoms with E-state index in [0.29, 0.717) is 46.0 Å². The Hall–Kier alpha value is -3.14. The number of fused-ring (bicyclic) bond motifs is 2. The minimum Gasteiger partial charge on any atom is -0.486 e. The summed E-state index contributed by atoms with van der Waals surface area (Å²) in [7, 11) is 2.10. The van der Waals surface area contributed by atoms with Crippen LogP contribution in [-0.2, 0) is 17.9 Å². The summed E-state index contributed by atoms with van der Waals surface area (Å²) in [5, 5.41) is 9.37. The molecule has 1 fully saturated rings. The van der Waals surface area contributed by atoms with Crippen LogP contribution >= 0.6 is 23.2 Å². The molecule has 4 aromatic rings. The molecule has 9 nitrogen and oxygen atoms in total. The molecule has 1 saturated heterocycles. The van der Waals surface area contributed by atoms with E-state index in [9.17, 15) is 4.79 Å². The summed E-state index contributed by atoms with van der Waals surface area (Å²) in [6.07, 6.45) is 4.56. The van der Waals surface area contributed by atoms with Gasteiger partial charge in [0.2, 0.25) is 5.91 Å². The second-order valence-corrected chi connectivity index (χ2v) is 10.7. The molecule has 3 aromatic heterocycles. The van der Waals surface area contributed by atoms with Gasteiger partial charge in [-0.2, -0.15) is 5.10 Å². The van der Waals surface area contributed by atoms with Crippen molar-refractivity contribution in [3.05, 3.63) is 57.6 Å². The van der Waals surface area contributed by atoms with Gasteiger partial charge < -0.3 is 19.5 Å². The third-order valence-electron chi connectivity index (χ3n) is 7.30. The Labute approximate surface area is 224 Å². The van der Waals surface area contributed by atoms with E-state index < -0.39 is 0 Å². The second kappa shape index (κ2) is 9.63. The fourth-order valence-electron chi connectivity index (χ4n) is 5.24. The number of pyridine rings is 1. The highest BCUT2D eigenvalue weighted by molar-refractivity contribution is 6.35. The number of carbonyl (C=O) groups excluding carboxylic acids is 1. The Morgan fingerprint density at radius 3 is 2.65 bits per heavy atom. The van der Waals surface area contributed by atoms with Gasteiger partial charge in [0.05, 0.1) is 40.0 Å². The Balaban J connectivity index is 1.20. The minimum atomic E-state index is -0.378. The molecule has 1 amide bonds. The molecule has 11 heteroatoms. The largest absolute Gasteiger partial charge is 0.486 e. The Bertz CT molecular complexity index is 1430. The van der Waals surface area contributed by atoms with Gasteiger partial charge in [-0.3, -0.25) is 14.9 Å². The van der Waals surface area contributed by atoms with Gasteiger partial charge in [0.1, 0.15) is 17.5 Å². The molecule has 2 aliphatic rings. The van der Waals surface area contributed by atoms with Crippen LogP contribution in [0.5, 0.6) is 5.75 Å². The van der Waals surface area contributed by atoms with Crippen LogP contribution in [0.1, 0.15) is 42.8 Å². The molecule has 37 heavy (non-hydrogen) atoms. The smallest absolute Gasteiger partial charge is 0.226 e. The Kier molecular flexibility index (Phi) is 6.30. The van der Waals surface area contributed by atoms with Crippen LogP contribution in [0.25, 0.3) is 22.4 Å². The normalized spacial score (nSPS) is 17.4. The maximum absolute atomic E-state index is 13.0. The topological polar surface area (TPSA) is 103 Å². The highest BCUT2D eigenvalue weighted by Gasteiger charge is 2.33. The molecule has 0 spiro atoms. The fourth-order valence-corrected chi connectivity index (χ4v) is 5.91. The van der Waals surface area contributed by atoms with Gasteiger partial charge in [0.15, 0.2) is 5.82 Å². The van der Waals surface area contributed by atoms with E-state index in [1.807, 2.05) is 30.0 Å². The van der Waals surface area contributed by atoms with Gasteiger partial charge >= 0.3 is 0 Å². The lowest BCUT2D eigenvalue weighted by atomic mass is 9.96. The van der Waals surface area contributed by atoms with E-state index >= 15 is 0 Å². The quantitative estimate of drug-likeness (QED) is 0.370. The number of nitrogens with one attached hydrogen (secondary N) is 2. The number of hydrogen-bond acceptors (Lipinski definition) is 6. The zero-order valence-electron chi connectivity index (χ0n) is 20.6. The van der Waals surface area contributed by atoms with Crippen molar-refractivity contribution in [2.75, 3.05) is 20.1 Å². The van der Waals surface area contributed by atoms with Crippen molar-refractivity contribution < 1.29 is 9.53 Å². The van der Waals surface area contributed by atoms with Crippen LogP contribution in [0.15, 0.2) is 30.6 Å². The zero-order valence-corrected chi connectivity index (χ0v) is 22.1. The standard InChI is InChI=1S/C26H27Cl2N7O2/c1-14(23-18(27)10-29-11-19(23)28)37-16-3-4-20-17(9-16)24(33-32-20)25-30-21-12-35(13-22(21)31-25)26(36)15-5-7-34(2)8-6-15/h3-4,9-11,14-15H,5-8,12-13H2,1-2H3,(H,30,31)(H,32,33). The number of nitrogens with zero attached hydrogens (tertiary/aromatic N) is 5. The van der Waals surface area contributed by atoms with Crippen molar-refractivity contribution in [2.24, 2.45) is 5.92 Å². The number of likely N-dealkylation sites (tertiary alicyclic amines) is 1. The molecule has 2 aliphatic heterocycles.